The van der Waals surface area contributed by atoms with E-state index in [0.717, 1.165) is 5.56 Å². The van der Waals surface area contributed by atoms with Gasteiger partial charge in [0.1, 0.15) is 5.82 Å². The third kappa shape index (κ3) is 3.02. The van der Waals surface area contributed by atoms with Crippen LogP contribution in [-0.2, 0) is 6.42 Å². The zero-order chi connectivity index (χ0) is 13.1. The summed E-state index contributed by atoms with van der Waals surface area (Å²) in [4.78, 5) is 0. The van der Waals surface area contributed by atoms with Crippen LogP contribution in [0.2, 0.25) is 10.0 Å². The summed E-state index contributed by atoms with van der Waals surface area (Å²) in [5.74, 6) is -0.421. The summed E-state index contributed by atoms with van der Waals surface area (Å²) in [5, 5.41) is 11.0. The molecule has 0 heterocycles. The molecule has 0 aliphatic rings. The Morgan fingerprint density at radius 2 is 1.83 bits per heavy atom. The largest absolute Gasteiger partial charge is 0.388 e. The molecule has 1 N–H and O–H groups in total. The summed E-state index contributed by atoms with van der Waals surface area (Å²) in [6.45, 7) is 0. The average molecular weight is 285 g/mol. The van der Waals surface area contributed by atoms with Gasteiger partial charge in [0.25, 0.3) is 0 Å². The molecule has 1 atom stereocenters. The van der Waals surface area contributed by atoms with Gasteiger partial charge in [-0.3, -0.25) is 0 Å². The Hall–Kier alpha value is -1.09. The number of rotatable bonds is 3. The van der Waals surface area contributed by atoms with Gasteiger partial charge >= 0.3 is 0 Å². The summed E-state index contributed by atoms with van der Waals surface area (Å²) in [5.41, 5.74) is 1.00. The molecule has 1 unspecified atom stereocenters. The second-order valence-electron chi connectivity index (χ2n) is 3.98. The lowest BCUT2D eigenvalue weighted by molar-refractivity contribution is 0.173. The molecule has 94 valence electrons. The van der Waals surface area contributed by atoms with Crippen LogP contribution in [0.15, 0.2) is 42.5 Å². The van der Waals surface area contributed by atoms with Crippen LogP contribution in [0.5, 0.6) is 0 Å². The summed E-state index contributed by atoms with van der Waals surface area (Å²) in [7, 11) is 0. The van der Waals surface area contributed by atoms with E-state index < -0.39 is 11.9 Å². The third-order valence-electron chi connectivity index (χ3n) is 2.69. The van der Waals surface area contributed by atoms with E-state index in [1.165, 1.54) is 6.07 Å². The van der Waals surface area contributed by atoms with Gasteiger partial charge in [-0.2, -0.15) is 0 Å². The predicted octanol–water partition coefficient (Wildman–Crippen LogP) is 4.41. The fourth-order valence-electron chi connectivity index (χ4n) is 1.75. The quantitative estimate of drug-likeness (QED) is 0.885. The molecule has 0 saturated carbocycles. The molecule has 1 nitrogen and oxygen atoms in total. The summed E-state index contributed by atoms with van der Waals surface area (Å²) in [6.07, 6.45) is -0.679. The molecule has 0 aromatic heterocycles. The van der Waals surface area contributed by atoms with Crippen molar-refractivity contribution in [3.8, 4) is 0 Å². The van der Waals surface area contributed by atoms with E-state index in [-0.39, 0.29) is 12.0 Å². The van der Waals surface area contributed by atoms with E-state index in [2.05, 4.69) is 0 Å². The molecule has 0 bridgehead atoms. The van der Waals surface area contributed by atoms with E-state index >= 15 is 0 Å². The fraction of sp³-hybridized carbons (Fsp3) is 0.143. The summed E-state index contributed by atoms with van der Waals surface area (Å²) < 4.78 is 13.5. The smallest absolute Gasteiger partial charge is 0.129 e. The molecule has 0 aliphatic carbocycles. The highest BCUT2D eigenvalue weighted by molar-refractivity contribution is 6.35. The number of benzene rings is 2. The standard InChI is InChI=1S/C14H11Cl2FO/c15-10-6-5-9(12(16)8-10)7-14(18)11-3-1-2-4-13(11)17/h1-6,8,14,18H,7H2. The Kier molecular flexibility index (Phi) is 4.23. The van der Waals surface area contributed by atoms with E-state index in [1.54, 1.807) is 36.4 Å². The number of halogens is 3. The molecule has 4 heteroatoms. The first-order valence-corrected chi connectivity index (χ1v) is 6.20. The maximum atomic E-state index is 13.5. The van der Waals surface area contributed by atoms with Crippen molar-refractivity contribution in [3.05, 3.63) is 69.5 Å². The van der Waals surface area contributed by atoms with Gasteiger partial charge < -0.3 is 5.11 Å². The first-order chi connectivity index (χ1) is 8.58. The lowest BCUT2D eigenvalue weighted by atomic mass is 10.0. The van der Waals surface area contributed by atoms with Gasteiger partial charge in [0.2, 0.25) is 0 Å². The highest BCUT2D eigenvalue weighted by Gasteiger charge is 2.14. The Bertz CT molecular complexity index is 557. The number of hydrogen-bond acceptors (Lipinski definition) is 1. The molecule has 0 amide bonds. The topological polar surface area (TPSA) is 20.2 Å². The van der Waals surface area contributed by atoms with Crippen LogP contribution >= 0.6 is 23.2 Å². The zero-order valence-electron chi connectivity index (χ0n) is 9.41. The van der Waals surface area contributed by atoms with Crippen molar-refractivity contribution in [2.75, 3.05) is 0 Å². The van der Waals surface area contributed by atoms with Crippen LogP contribution < -0.4 is 0 Å². The van der Waals surface area contributed by atoms with Gasteiger partial charge in [0.05, 0.1) is 6.10 Å². The van der Waals surface area contributed by atoms with Gasteiger partial charge in [-0.15, -0.1) is 0 Å². The number of aliphatic hydroxyl groups is 1. The van der Waals surface area contributed by atoms with Gasteiger partial charge in [-0.05, 0) is 23.8 Å². The van der Waals surface area contributed by atoms with Gasteiger partial charge in [0, 0.05) is 22.0 Å². The van der Waals surface area contributed by atoms with Crippen LogP contribution in [0.25, 0.3) is 0 Å². The van der Waals surface area contributed by atoms with Gasteiger partial charge in [-0.25, -0.2) is 4.39 Å². The summed E-state index contributed by atoms with van der Waals surface area (Å²) >= 11 is 11.8. The van der Waals surface area contributed by atoms with Crippen molar-refractivity contribution in [3.63, 3.8) is 0 Å². The molecular formula is C14H11Cl2FO. The van der Waals surface area contributed by atoms with Crippen molar-refractivity contribution >= 4 is 23.2 Å². The molecule has 0 aliphatic heterocycles. The SMILES string of the molecule is OC(Cc1ccc(Cl)cc1Cl)c1ccccc1F. The molecule has 18 heavy (non-hydrogen) atoms. The molecule has 0 radical (unpaired) electrons. The second-order valence-corrected chi connectivity index (χ2v) is 4.82. The second kappa shape index (κ2) is 5.70. The first-order valence-electron chi connectivity index (χ1n) is 5.44. The monoisotopic (exact) mass is 284 g/mol. The minimum absolute atomic E-state index is 0.247. The van der Waals surface area contributed by atoms with Crippen molar-refractivity contribution < 1.29 is 9.50 Å². The first kappa shape index (κ1) is 13.3. The van der Waals surface area contributed by atoms with Crippen LogP contribution in [0, 0.1) is 5.82 Å². The number of aliphatic hydroxyl groups excluding tert-OH is 1. The highest BCUT2D eigenvalue weighted by atomic mass is 35.5. The maximum Gasteiger partial charge on any atom is 0.129 e. The van der Waals surface area contributed by atoms with Crippen LogP contribution in [-0.4, -0.2) is 5.11 Å². The van der Waals surface area contributed by atoms with Crippen molar-refractivity contribution in [2.24, 2.45) is 0 Å². The third-order valence-corrected chi connectivity index (χ3v) is 3.28. The number of hydrogen-bond donors (Lipinski definition) is 1. The molecule has 2 aromatic rings. The molecule has 2 aromatic carbocycles. The maximum absolute atomic E-state index is 13.5. The van der Waals surface area contributed by atoms with Crippen molar-refractivity contribution in [1.29, 1.82) is 0 Å². The molecule has 2 rings (SSSR count). The minimum atomic E-state index is -0.926. The lowest BCUT2D eigenvalue weighted by Crippen LogP contribution is -2.04. The Labute approximate surface area is 115 Å². The average Bonchev–Trinajstić information content (AvgIpc) is 2.33. The molecule has 0 spiro atoms. The normalized spacial score (nSPS) is 12.4. The van der Waals surface area contributed by atoms with Crippen LogP contribution in [0.1, 0.15) is 17.2 Å². The minimum Gasteiger partial charge on any atom is -0.388 e. The Balaban J connectivity index is 2.21. The molecular weight excluding hydrogens is 274 g/mol. The van der Waals surface area contributed by atoms with Gasteiger partial charge in [-0.1, -0.05) is 47.5 Å². The van der Waals surface area contributed by atoms with Crippen LogP contribution in [0.4, 0.5) is 4.39 Å². The van der Waals surface area contributed by atoms with Crippen LogP contribution in [0.3, 0.4) is 0 Å². The molecule has 0 fully saturated rings. The Morgan fingerprint density at radius 3 is 2.50 bits per heavy atom. The van der Waals surface area contributed by atoms with E-state index in [0.29, 0.717) is 10.0 Å². The highest BCUT2D eigenvalue weighted by Crippen LogP contribution is 2.27. The van der Waals surface area contributed by atoms with E-state index in [1.807, 2.05) is 0 Å². The zero-order valence-corrected chi connectivity index (χ0v) is 10.9. The van der Waals surface area contributed by atoms with E-state index in [9.17, 15) is 9.50 Å². The predicted molar refractivity (Wildman–Crippen MR) is 71.5 cm³/mol. The van der Waals surface area contributed by atoms with Gasteiger partial charge in [0.15, 0.2) is 0 Å². The van der Waals surface area contributed by atoms with Crippen molar-refractivity contribution in [2.45, 2.75) is 12.5 Å². The lowest BCUT2D eigenvalue weighted by Gasteiger charge is -2.13. The Morgan fingerprint density at radius 1 is 1.11 bits per heavy atom. The fourth-order valence-corrected chi connectivity index (χ4v) is 2.24. The van der Waals surface area contributed by atoms with Crippen molar-refractivity contribution in [1.82, 2.24) is 0 Å². The van der Waals surface area contributed by atoms with E-state index in [4.69, 9.17) is 23.2 Å². The summed E-state index contributed by atoms with van der Waals surface area (Å²) in [6, 6.07) is 11.2. The molecule has 0 saturated heterocycles.